The Morgan fingerprint density at radius 1 is 1.37 bits per heavy atom. The summed E-state index contributed by atoms with van der Waals surface area (Å²) in [5.41, 5.74) is 0.904. The maximum Gasteiger partial charge on any atom is 0.257 e. The van der Waals surface area contributed by atoms with Crippen molar-refractivity contribution in [2.45, 2.75) is 40.7 Å². The molecule has 0 aliphatic carbocycles. The second-order valence-electron chi connectivity index (χ2n) is 5.22. The van der Waals surface area contributed by atoms with Crippen molar-refractivity contribution in [2.24, 2.45) is 5.41 Å². The normalized spacial score (nSPS) is 21.1. The summed E-state index contributed by atoms with van der Waals surface area (Å²) in [5.74, 6) is 0.696. The van der Waals surface area contributed by atoms with E-state index in [1.807, 2.05) is 46.8 Å². The fourth-order valence-electron chi connectivity index (χ4n) is 2.28. The molecule has 2 heterocycles. The molecule has 106 valence electrons. The maximum absolute atomic E-state index is 12.2. The molecule has 0 saturated carbocycles. The number of carbonyl (C=O) groups excluding carboxylic acids is 1. The second-order valence-corrected chi connectivity index (χ2v) is 5.22. The van der Waals surface area contributed by atoms with Crippen molar-refractivity contribution in [1.29, 1.82) is 0 Å². The van der Waals surface area contributed by atoms with E-state index in [0.717, 1.165) is 5.56 Å². The van der Waals surface area contributed by atoms with Crippen LogP contribution in [0.5, 0.6) is 0 Å². The van der Waals surface area contributed by atoms with E-state index in [1.165, 1.54) is 0 Å². The number of hydrogen-bond donors (Lipinski definition) is 0. The number of ether oxygens (including phenoxy) is 1. The van der Waals surface area contributed by atoms with E-state index in [4.69, 9.17) is 4.74 Å². The quantitative estimate of drug-likeness (QED) is 0.825. The topological polar surface area (TPSA) is 42.4 Å². The molecule has 0 aromatic carbocycles. The maximum atomic E-state index is 12.2. The van der Waals surface area contributed by atoms with Crippen LogP contribution in [0.2, 0.25) is 0 Å². The van der Waals surface area contributed by atoms with Gasteiger partial charge in [0, 0.05) is 25.3 Å². The number of methoxy groups -OCH3 is 1. The number of aryl methyl sites for hydroxylation is 1. The number of nitrogens with zero attached hydrogens (tertiary/aromatic N) is 2. The molecule has 1 aliphatic heterocycles. The Labute approximate surface area is 115 Å². The third-order valence-electron chi connectivity index (χ3n) is 3.17. The number of carbonyl (C=O) groups is 1. The van der Waals surface area contributed by atoms with Crippen LogP contribution in [0.1, 0.15) is 33.3 Å². The molecule has 0 spiro atoms. The van der Waals surface area contributed by atoms with Crippen LogP contribution in [0.15, 0.2) is 18.3 Å². The van der Waals surface area contributed by atoms with Crippen molar-refractivity contribution in [2.75, 3.05) is 18.6 Å². The van der Waals surface area contributed by atoms with Gasteiger partial charge in [-0.1, -0.05) is 33.8 Å². The highest BCUT2D eigenvalue weighted by atomic mass is 16.5. The molecule has 1 unspecified atom stereocenters. The zero-order valence-electron chi connectivity index (χ0n) is 12.7. The van der Waals surface area contributed by atoms with E-state index in [0.29, 0.717) is 12.4 Å². The Kier molecular flexibility index (Phi) is 5.06. The fourth-order valence-corrected chi connectivity index (χ4v) is 2.28. The Morgan fingerprint density at radius 2 is 2.00 bits per heavy atom. The van der Waals surface area contributed by atoms with Crippen molar-refractivity contribution in [3.8, 4) is 0 Å². The molecule has 4 nitrogen and oxygen atoms in total. The summed E-state index contributed by atoms with van der Waals surface area (Å²) >= 11 is 0. The number of hydrogen-bond acceptors (Lipinski definition) is 3. The average molecular weight is 264 g/mol. The summed E-state index contributed by atoms with van der Waals surface area (Å²) in [6.45, 7) is 10.7. The van der Waals surface area contributed by atoms with E-state index in [2.05, 4.69) is 4.98 Å². The predicted octanol–water partition coefficient (Wildman–Crippen LogP) is 2.80. The molecule has 0 N–H and O–H groups in total. The van der Waals surface area contributed by atoms with Crippen LogP contribution in [-0.4, -0.2) is 30.6 Å². The standard InChI is InChI=1S/C13H18N2O2.C2H6/c1-9-5-6-10(14-7-9)15-8-13(2,3)11(17-4)12(15)16;1-2/h5-7,11H,8H2,1-4H3;1-2H3. The number of pyridine rings is 1. The van der Waals surface area contributed by atoms with Gasteiger partial charge in [0.05, 0.1) is 0 Å². The molecule has 1 aromatic rings. The summed E-state index contributed by atoms with van der Waals surface area (Å²) in [7, 11) is 1.58. The molecule has 1 fully saturated rings. The van der Waals surface area contributed by atoms with Crippen molar-refractivity contribution in [3.63, 3.8) is 0 Å². The van der Waals surface area contributed by atoms with E-state index >= 15 is 0 Å². The summed E-state index contributed by atoms with van der Waals surface area (Å²) < 4.78 is 5.30. The minimum atomic E-state index is -0.384. The predicted molar refractivity (Wildman–Crippen MR) is 77.3 cm³/mol. The first-order valence-corrected chi connectivity index (χ1v) is 6.72. The lowest BCUT2D eigenvalue weighted by molar-refractivity contribution is -0.128. The van der Waals surface area contributed by atoms with Crippen LogP contribution in [-0.2, 0) is 9.53 Å². The molecule has 4 heteroatoms. The first kappa shape index (κ1) is 15.6. The number of amides is 1. The van der Waals surface area contributed by atoms with Gasteiger partial charge in [0.1, 0.15) is 11.9 Å². The molecule has 1 aliphatic rings. The first-order valence-electron chi connectivity index (χ1n) is 6.72. The third-order valence-corrected chi connectivity index (χ3v) is 3.17. The molecular formula is C15H24N2O2. The number of anilines is 1. The van der Waals surface area contributed by atoms with E-state index < -0.39 is 0 Å². The SMILES string of the molecule is CC.COC1C(=O)N(c2ccc(C)cn2)CC1(C)C. The van der Waals surface area contributed by atoms with E-state index in [9.17, 15) is 4.79 Å². The Hall–Kier alpha value is -1.42. The van der Waals surface area contributed by atoms with Crippen molar-refractivity contribution >= 4 is 11.7 Å². The first-order chi connectivity index (χ1) is 8.95. The van der Waals surface area contributed by atoms with Crippen molar-refractivity contribution in [1.82, 2.24) is 4.98 Å². The molecule has 1 aromatic heterocycles. The Balaban J connectivity index is 0.000000861. The van der Waals surface area contributed by atoms with Crippen LogP contribution in [0.25, 0.3) is 0 Å². The zero-order valence-corrected chi connectivity index (χ0v) is 12.7. The minimum absolute atomic E-state index is 0.00569. The van der Waals surface area contributed by atoms with Gasteiger partial charge in [-0.3, -0.25) is 9.69 Å². The lowest BCUT2D eigenvalue weighted by Crippen LogP contribution is -2.33. The molecule has 1 amide bonds. The van der Waals surface area contributed by atoms with Crippen LogP contribution >= 0.6 is 0 Å². The second kappa shape index (κ2) is 6.15. The average Bonchev–Trinajstić information content (AvgIpc) is 2.62. The summed E-state index contributed by atoms with van der Waals surface area (Å²) in [6.07, 6.45) is 1.39. The highest BCUT2D eigenvalue weighted by Crippen LogP contribution is 2.34. The van der Waals surface area contributed by atoms with Crippen LogP contribution in [0.4, 0.5) is 5.82 Å². The van der Waals surface area contributed by atoms with Gasteiger partial charge in [-0.2, -0.15) is 0 Å². The summed E-state index contributed by atoms with van der Waals surface area (Å²) in [5, 5.41) is 0. The molecule has 19 heavy (non-hydrogen) atoms. The van der Waals surface area contributed by atoms with E-state index in [-0.39, 0.29) is 17.4 Å². The van der Waals surface area contributed by atoms with Crippen LogP contribution in [0.3, 0.4) is 0 Å². The lowest BCUT2D eigenvalue weighted by Gasteiger charge is -2.21. The van der Waals surface area contributed by atoms with Gasteiger partial charge in [-0.25, -0.2) is 4.98 Å². The molecular weight excluding hydrogens is 240 g/mol. The highest BCUT2D eigenvalue weighted by Gasteiger charge is 2.47. The monoisotopic (exact) mass is 264 g/mol. The molecule has 1 saturated heterocycles. The smallest absolute Gasteiger partial charge is 0.257 e. The molecule has 2 rings (SSSR count). The van der Waals surface area contributed by atoms with Crippen LogP contribution < -0.4 is 4.90 Å². The fraction of sp³-hybridized carbons (Fsp3) is 0.600. The van der Waals surface area contributed by atoms with E-state index in [1.54, 1.807) is 18.2 Å². The van der Waals surface area contributed by atoms with Gasteiger partial charge in [0.25, 0.3) is 5.91 Å². The third kappa shape index (κ3) is 3.13. The van der Waals surface area contributed by atoms with Crippen molar-refractivity contribution < 1.29 is 9.53 Å². The van der Waals surface area contributed by atoms with Gasteiger partial charge in [-0.05, 0) is 18.6 Å². The molecule has 0 radical (unpaired) electrons. The minimum Gasteiger partial charge on any atom is -0.371 e. The van der Waals surface area contributed by atoms with Gasteiger partial charge < -0.3 is 4.74 Å². The molecule has 1 atom stereocenters. The highest BCUT2D eigenvalue weighted by molar-refractivity contribution is 5.99. The Bertz CT molecular complexity index is 426. The number of aromatic nitrogens is 1. The zero-order chi connectivity index (χ0) is 14.6. The van der Waals surface area contributed by atoms with Gasteiger partial charge >= 0.3 is 0 Å². The van der Waals surface area contributed by atoms with Gasteiger partial charge in [0.15, 0.2) is 0 Å². The molecule has 0 bridgehead atoms. The van der Waals surface area contributed by atoms with Gasteiger partial charge in [-0.15, -0.1) is 0 Å². The summed E-state index contributed by atoms with van der Waals surface area (Å²) in [6, 6.07) is 3.84. The Morgan fingerprint density at radius 3 is 2.42 bits per heavy atom. The van der Waals surface area contributed by atoms with Gasteiger partial charge in [0.2, 0.25) is 0 Å². The lowest BCUT2D eigenvalue weighted by atomic mass is 9.90. The number of rotatable bonds is 2. The van der Waals surface area contributed by atoms with Crippen LogP contribution in [0, 0.1) is 12.3 Å². The van der Waals surface area contributed by atoms with Crippen molar-refractivity contribution in [3.05, 3.63) is 23.9 Å². The largest absolute Gasteiger partial charge is 0.371 e. The summed E-state index contributed by atoms with van der Waals surface area (Å²) in [4.78, 5) is 18.2.